The molecule has 3 aliphatic carbocycles. The number of hydrogen-bond acceptors (Lipinski definition) is 9. The Morgan fingerprint density at radius 3 is 2.40 bits per heavy atom. The molecule has 0 bridgehead atoms. The van der Waals surface area contributed by atoms with Crippen molar-refractivity contribution in [2.24, 2.45) is 17.6 Å². The van der Waals surface area contributed by atoms with Crippen LogP contribution in [0.3, 0.4) is 0 Å². The van der Waals surface area contributed by atoms with Crippen molar-refractivity contribution in [2.45, 2.75) is 31.4 Å². The molecule has 40 heavy (non-hydrogen) atoms. The van der Waals surface area contributed by atoms with Gasteiger partial charge < -0.3 is 36.0 Å². The molecule has 0 saturated heterocycles. The van der Waals surface area contributed by atoms with E-state index in [0.717, 1.165) is 5.56 Å². The molecule has 0 aliphatic heterocycles. The molecular formula is C30H33N3O7. The number of ketones is 2. The van der Waals surface area contributed by atoms with Gasteiger partial charge in [-0.15, -0.1) is 0 Å². The van der Waals surface area contributed by atoms with E-state index in [1.165, 1.54) is 0 Å². The zero-order chi connectivity index (χ0) is 29.3. The Labute approximate surface area is 231 Å². The molecule has 0 fully saturated rings. The number of aliphatic hydroxyl groups is 3. The van der Waals surface area contributed by atoms with Gasteiger partial charge in [0.25, 0.3) is 5.91 Å². The summed E-state index contributed by atoms with van der Waals surface area (Å²) in [5.41, 5.74) is 5.17. The predicted molar refractivity (Wildman–Crippen MR) is 148 cm³/mol. The van der Waals surface area contributed by atoms with Crippen molar-refractivity contribution in [3.8, 4) is 16.9 Å². The lowest BCUT2D eigenvalue weighted by molar-refractivity contribution is -0.144. The van der Waals surface area contributed by atoms with Crippen LogP contribution in [-0.4, -0.2) is 76.6 Å². The van der Waals surface area contributed by atoms with Gasteiger partial charge in [-0.1, -0.05) is 18.2 Å². The van der Waals surface area contributed by atoms with Crippen molar-refractivity contribution in [3.63, 3.8) is 0 Å². The van der Waals surface area contributed by atoms with E-state index in [-0.39, 0.29) is 36.1 Å². The number of carbonyl (C=O) groups is 3. The smallest absolute Gasteiger partial charge is 0.255 e. The van der Waals surface area contributed by atoms with Crippen LogP contribution < -0.4 is 10.6 Å². The number of fused-ring (bicyclic) bond motifs is 3. The summed E-state index contributed by atoms with van der Waals surface area (Å²) in [6.07, 6.45) is 0.0741. The van der Waals surface area contributed by atoms with Gasteiger partial charge in [0.15, 0.2) is 11.4 Å². The molecule has 0 heterocycles. The third-order valence-corrected chi connectivity index (χ3v) is 8.26. The number of hydrogen-bond donors (Lipinski definition) is 5. The Morgan fingerprint density at radius 2 is 1.77 bits per heavy atom. The molecule has 1 amide bonds. The average molecular weight is 548 g/mol. The van der Waals surface area contributed by atoms with Crippen molar-refractivity contribution in [2.75, 3.05) is 33.1 Å². The van der Waals surface area contributed by atoms with Crippen LogP contribution in [0.1, 0.15) is 34.3 Å². The number of aliphatic hydroxyl groups excluding tert-OH is 2. The Hall–Kier alpha value is -4.15. The van der Waals surface area contributed by atoms with Crippen LogP contribution in [0.2, 0.25) is 0 Å². The van der Waals surface area contributed by atoms with Crippen LogP contribution in [0.25, 0.3) is 11.1 Å². The van der Waals surface area contributed by atoms with E-state index in [0.29, 0.717) is 28.9 Å². The fraction of sp³-hybridized carbons (Fsp3) is 0.367. The number of benzene rings is 2. The van der Waals surface area contributed by atoms with Gasteiger partial charge in [0.2, 0.25) is 5.78 Å². The molecule has 0 saturated carbocycles. The molecule has 3 atom stereocenters. The quantitative estimate of drug-likeness (QED) is 0.354. The third kappa shape index (κ3) is 3.98. The fourth-order valence-corrected chi connectivity index (χ4v) is 6.49. The average Bonchev–Trinajstić information content (AvgIpc) is 2.85. The van der Waals surface area contributed by atoms with Crippen molar-refractivity contribution in [1.29, 1.82) is 0 Å². The molecule has 2 aromatic rings. The van der Waals surface area contributed by atoms with Crippen LogP contribution in [0.15, 0.2) is 53.0 Å². The molecule has 6 N–H and O–H groups in total. The maximum atomic E-state index is 14.1. The summed E-state index contributed by atoms with van der Waals surface area (Å²) in [6.45, 7) is 0.673. The minimum Gasteiger partial charge on any atom is -0.511 e. The van der Waals surface area contributed by atoms with E-state index >= 15 is 0 Å². The molecule has 5 rings (SSSR count). The lowest BCUT2D eigenvalue weighted by atomic mass is 9.60. The summed E-state index contributed by atoms with van der Waals surface area (Å²) < 4.78 is 0. The third-order valence-electron chi connectivity index (χ3n) is 8.26. The zero-order valence-corrected chi connectivity index (χ0v) is 22.9. The lowest BCUT2D eigenvalue weighted by Gasteiger charge is -2.46. The minimum absolute atomic E-state index is 0.00386. The van der Waals surface area contributed by atoms with Gasteiger partial charge in [-0.25, -0.2) is 0 Å². The molecule has 0 radical (unpaired) electrons. The van der Waals surface area contributed by atoms with Gasteiger partial charge in [0.05, 0.1) is 5.56 Å². The Balaban J connectivity index is 1.70. The van der Waals surface area contributed by atoms with Crippen molar-refractivity contribution >= 4 is 23.2 Å². The maximum absolute atomic E-state index is 14.1. The topological polar surface area (TPSA) is 165 Å². The number of primary amides is 1. The Bertz CT molecular complexity index is 1540. The van der Waals surface area contributed by atoms with E-state index in [4.69, 9.17) is 5.73 Å². The second kappa shape index (κ2) is 9.50. The predicted octanol–water partition coefficient (Wildman–Crippen LogP) is 2.38. The number of nitrogens with zero attached hydrogens (tertiary/aromatic N) is 2. The van der Waals surface area contributed by atoms with Crippen molar-refractivity contribution in [1.82, 2.24) is 4.90 Å². The van der Waals surface area contributed by atoms with Crippen molar-refractivity contribution in [3.05, 3.63) is 69.7 Å². The zero-order valence-electron chi connectivity index (χ0n) is 22.9. The van der Waals surface area contributed by atoms with Crippen LogP contribution >= 0.6 is 0 Å². The number of allylic oxidation sites excluding steroid dienone is 2. The standard InChI is InChI=1S/C30H33N3O7/c1-32(2)13-14-6-5-7-15(8-14)18-12-20(33(3)4)19-10-16-9-17-11-21(34)24(29(31)39)28(38)30(17,40)27(37)22(16)26(36)23(19)25(18)35/h5-8,12,16-17,34-35,37,40H,9-11,13H2,1-4H3,(H2,31,39)/t16-,17+,30+/m1/s1. The first-order chi connectivity index (χ1) is 18.8. The number of anilines is 1. The highest BCUT2D eigenvalue weighted by atomic mass is 16.3. The molecule has 2 aromatic carbocycles. The number of carbonyl (C=O) groups excluding carboxylic acids is 3. The molecular weight excluding hydrogens is 514 g/mol. The first-order valence-corrected chi connectivity index (χ1v) is 13.0. The Kier molecular flexibility index (Phi) is 6.51. The summed E-state index contributed by atoms with van der Waals surface area (Å²) in [5.74, 6) is -6.39. The van der Waals surface area contributed by atoms with Crippen LogP contribution in [0.4, 0.5) is 5.69 Å². The monoisotopic (exact) mass is 547 g/mol. The molecule has 10 nitrogen and oxygen atoms in total. The highest BCUT2D eigenvalue weighted by Gasteiger charge is 2.59. The molecule has 0 spiro atoms. The number of nitrogens with two attached hydrogens (primary N) is 1. The summed E-state index contributed by atoms with van der Waals surface area (Å²) in [6, 6.07) is 9.45. The second-order valence-corrected chi connectivity index (χ2v) is 11.4. The molecule has 210 valence electrons. The summed E-state index contributed by atoms with van der Waals surface area (Å²) >= 11 is 0. The maximum Gasteiger partial charge on any atom is 0.255 e. The minimum atomic E-state index is -2.59. The molecule has 10 heteroatoms. The van der Waals surface area contributed by atoms with E-state index in [9.17, 15) is 34.8 Å². The summed E-state index contributed by atoms with van der Waals surface area (Å²) in [4.78, 5) is 43.0. The van der Waals surface area contributed by atoms with Gasteiger partial charge in [-0.3, -0.25) is 14.4 Å². The van der Waals surface area contributed by atoms with Gasteiger partial charge in [-0.2, -0.15) is 0 Å². The first-order valence-electron chi connectivity index (χ1n) is 13.0. The van der Waals surface area contributed by atoms with Gasteiger partial charge in [0.1, 0.15) is 22.8 Å². The van der Waals surface area contributed by atoms with E-state index in [2.05, 4.69) is 0 Å². The van der Waals surface area contributed by atoms with Gasteiger partial charge >= 0.3 is 0 Å². The molecule has 0 unspecified atom stereocenters. The number of aromatic hydroxyl groups is 1. The lowest BCUT2D eigenvalue weighted by Crippen LogP contribution is -2.57. The number of amides is 1. The number of phenols is 1. The number of phenolic OH excluding ortho intramolecular Hbond substituents is 1. The van der Waals surface area contributed by atoms with Crippen LogP contribution in [0, 0.1) is 11.8 Å². The number of rotatable bonds is 5. The second-order valence-electron chi connectivity index (χ2n) is 11.4. The normalized spacial score (nSPS) is 24.1. The van der Waals surface area contributed by atoms with Crippen LogP contribution in [0.5, 0.6) is 5.75 Å². The SMILES string of the molecule is CN(C)Cc1cccc(-c2cc(N(C)C)c3c(c2O)C(=O)C2=C(O)[C@]4(O)C(=O)C(C(N)=O)=C(O)C[C@@H]4C[C@@H]2C3)c1. The Morgan fingerprint density at radius 1 is 1.07 bits per heavy atom. The van der Waals surface area contributed by atoms with Gasteiger partial charge in [0, 0.05) is 49.8 Å². The highest BCUT2D eigenvalue weighted by Crippen LogP contribution is 2.53. The largest absolute Gasteiger partial charge is 0.511 e. The molecule has 0 aromatic heterocycles. The van der Waals surface area contributed by atoms with Crippen molar-refractivity contribution < 1.29 is 34.8 Å². The summed E-state index contributed by atoms with van der Waals surface area (Å²) in [5, 5.41) is 44.7. The highest BCUT2D eigenvalue weighted by molar-refractivity contribution is 6.24. The number of Topliss-reactive ketones (excluding diaryl/α,β-unsaturated/α-hetero) is 2. The fourth-order valence-electron chi connectivity index (χ4n) is 6.49. The van der Waals surface area contributed by atoms with E-state index in [1.54, 1.807) is 0 Å². The molecule has 3 aliphatic rings. The summed E-state index contributed by atoms with van der Waals surface area (Å²) in [7, 11) is 7.57. The van der Waals surface area contributed by atoms with Crippen LogP contribution in [-0.2, 0) is 22.6 Å². The first kappa shape index (κ1) is 27.4. The van der Waals surface area contributed by atoms with Gasteiger partial charge in [-0.05, 0) is 61.7 Å². The van der Waals surface area contributed by atoms with E-state index < -0.39 is 52.0 Å². The van der Waals surface area contributed by atoms with E-state index in [1.807, 2.05) is 68.3 Å².